The van der Waals surface area contributed by atoms with Crippen LogP contribution in [0.5, 0.6) is 0 Å². The molecule has 0 saturated carbocycles. The van der Waals surface area contributed by atoms with Crippen LogP contribution in [0.4, 0.5) is 0 Å². The second-order valence-electron chi connectivity index (χ2n) is 5.21. The first-order valence-corrected chi connectivity index (χ1v) is 8.66. The second kappa shape index (κ2) is 7.38. The van der Waals surface area contributed by atoms with Crippen molar-refractivity contribution in [2.24, 2.45) is 0 Å². The van der Waals surface area contributed by atoms with E-state index in [-0.39, 0.29) is 17.9 Å². The van der Waals surface area contributed by atoms with Crippen molar-refractivity contribution in [1.29, 1.82) is 5.26 Å². The standard InChI is InChI=1S/C17H18N2O3S/c1-13-7-8-14(12-18)11-17(13)23(21,22)19-10-9-16(20)15-5-3-2-4-6-15/h2-8,11,16,19-20H,9-10H2,1H3. The molecule has 23 heavy (non-hydrogen) atoms. The Morgan fingerprint density at radius 2 is 1.91 bits per heavy atom. The third-order valence-electron chi connectivity index (χ3n) is 3.50. The summed E-state index contributed by atoms with van der Waals surface area (Å²) in [6, 6.07) is 15.5. The quantitative estimate of drug-likeness (QED) is 0.850. The van der Waals surface area contributed by atoms with Gasteiger partial charge in [0, 0.05) is 6.54 Å². The molecule has 6 heteroatoms. The Morgan fingerprint density at radius 3 is 2.57 bits per heavy atom. The number of benzene rings is 2. The average Bonchev–Trinajstić information content (AvgIpc) is 2.55. The lowest BCUT2D eigenvalue weighted by Crippen LogP contribution is -2.26. The first-order chi connectivity index (χ1) is 10.9. The fourth-order valence-electron chi connectivity index (χ4n) is 2.21. The van der Waals surface area contributed by atoms with Crippen LogP contribution in [-0.4, -0.2) is 20.1 Å². The van der Waals surface area contributed by atoms with Gasteiger partial charge >= 0.3 is 0 Å². The van der Waals surface area contributed by atoms with Crippen LogP contribution in [0.2, 0.25) is 0 Å². The predicted molar refractivity (Wildman–Crippen MR) is 87.1 cm³/mol. The highest BCUT2D eigenvalue weighted by atomic mass is 32.2. The summed E-state index contributed by atoms with van der Waals surface area (Å²) in [6.45, 7) is 1.78. The molecule has 0 aliphatic carbocycles. The van der Waals surface area contributed by atoms with Gasteiger partial charge in [-0.15, -0.1) is 0 Å². The lowest BCUT2D eigenvalue weighted by Gasteiger charge is -2.13. The SMILES string of the molecule is Cc1ccc(C#N)cc1S(=O)(=O)NCCC(O)c1ccccc1. The van der Waals surface area contributed by atoms with Gasteiger partial charge < -0.3 is 5.11 Å². The normalized spacial score (nSPS) is 12.6. The summed E-state index contributed by atoms with van der Waals surface area (Å²) in [5.74, 6) is 0. The first-order valence-electron chi connectivity index (χ1n) is 7.17. The van der Waals surface area contributed by atoms with Crippen molar-refractivity contribution in [1.82, 2.24) is 4.72 Å². The summed E-state index contributed by atoms with van der Waals surface area (Å²) < 4.78 is 27.1. The molecule has 1 atom stereocenters. The van der Waals surface area contributed by atoms with Crippen LogP contribution < -0.4 is 4.72 Å². The molecule has 0 bridgehead atoms. The van der Waals surface area contributed by atoms with E-state index < -0.39 is 16.1 Å². The monoisotopic (exact) mass is 330 g/mol. The summed E-state index contributed by atoms with van der Waals surface area (Å²) in [7, 11) is -3.71. The number of aliphatic hydroxyl groups is 1. The molecular weight excluding hydrogens is 312 g/mol. The summed E-state index contributed by atoms with van der Waals surface area (Å²) in [5, 5.41) is 18.9. The number of nitrogens with one attached hydrogen (secondary N) is 1. The van der Waals surface area contributed by atoms with Gasteiger partial charge in [0.05, 0.1) is 22.6 Å². The van der Waals surface area contributed by atoms with Gasteiger partial charge in [-0.05, 0) is 36.6 Å². The van der Waals surface area contributed by atoms with Crippen molar-refractivity contribution in [3.63, 3.8) is 0 Å². The number of nitrogens with zero attached hydrogens (tertiary/aromatic N) is 1. The van der Waals surface area contributed by atoms with E-state index in [1.807, 2.05) is 24.3 Å². The van der Waals surface area contributed by atoms with Gasteiger partial charge in [0.2, 0.25) is 10.0 Å². The number of nitriles is 1. The lowest BCUT2D eigenvalue weighted by molar-refractivity contribution is 0.169. The molecule has 2 N–H and O–H groups in total. The minimum atomic E-state index is -3.71. The number of hydrogen-bond donors (Lipinski definition) is 2. The minimum absolute atomic E-state index is 0.0887. The van der Waals surface area contributed by atoms with Crippen molar-refractivity contribution in [2.75, 3.05) is 6.54 Å². The Hall–Kier alpha value is -2.20. The van der Waals surface area contributed by atoms with Crippen LogP contribution in [0.25, 0.3) is 0 Å². The average molecular weight is 330 g/mol. The zero-order valence-electron chi connectivity index (χ0n) is 12.7. The van der Waals surface area contributed by atoms with Crippen molar-refractivity contribution in [3.8, 4) is 6.07 Å². The molecule has 0 heterocycles. The fourth-order valence-corrected chi connectivity index (χ4v) is 3.52. The van der Waals surface area contributed by atoms with E-state index >= 15 is 0 Å². The molecule has 2 aromatic carbocycles. The Balaban J connectivity index is 2.04. The van der Waals surface area contributed by atoms with E-state index in [0.29, 0.717) is 11.1 Å². The molecule has 0 saturated heterocycles. The van der Waals surface area contributed by atoms with Crippen molar-refractivity contribution in [2.45, 2.75) is 24.3 Å². The number of aryl methyl sites for hydroxylation is 1. The third-order valence-corrected chi connectivity index (χ3v) is 5.10. The molecule has 1 unspecified atom stereocenters. The zero-order chi connectivity index (χ0) is 16.9. The van der Waals surface area contributed by atoms with Gasteiger partial charge in [-0.2, -0.15) is 5.26 Å². The topological polar surface area (TPSA) is 90.2 Å². The summed E-state index contributed by atoms with van der Waals surface area (Å²) in [5.41, 5.74) is 1.61. The van der Waals surface area contributed by atoms with Gasteiger partial charge in [0.1, 0.15) is 0 Å². The van der Waals surface area contributed by atoms with E-state index in [2.05, 4.69) is 4.72 Å². The van der Waals surface area contributed by atoms with Gasteiger partial charge in [-0.1, -0.05) is 36.4 Å². The van der Waals surface area contributed by atoms with Crippen LogP contribution in [0, 0.1) is 18.3 Å². The lowest BCUT2D eigenvalue weighted by atomic mass is 10.1. The minimum Gasteiger partial charge on any atom is -0.388 e. The van der Waals surface area contributed by atoms with Gasteiger partial charge in [0.25, 0.3) is 0 Å². The van der Waals surface area contributed by atoms with Crippen molar-refractivity contribution < 1.29 is 13.5 Å². The van der Waals surface area contributed by atoms with Gasteiger partial charge in [-0.3, -0.25) is 0 Å². The number of rotatable bonds is 6. The molecule has 2 aromatic rings. The van der Waals surface area contributed by atoms with Crippen LogP contribution in [0.1, 0.15) is 29.2 Å². The van der Waals surface area contributed by atoms with Gasteiger partial charge in [0.15, 0.2) is 0 Å². The molecule has 120 valence electrons. The molecule has 0 spiro atoms. The van der Waals surface area contributed by atoms with E-state index in [4.69, 9.17) is 5.26 Å². The van der Waals surface area contributed by atoms with Crippen LogP contribution in [0.3, 0.4) is 0 Å². The highest BCUT2D eigenvalue weighted by Crippen LogP contribution is 2.18. The number of sulfonamides is 1. The van der Waals surface area contributed by atoms with Crippen LogP contribution >= 0.6 is 0 Å². The van der Waals surface area contributed by atoms with Crippen molar-refractivity contribution >= 4 is 10.0 Å². The molecule has 0 amide bonds. The Kier molecular flexibility index (Phi) is 5.50. The van der Waals surface area contributed by atoms with E-state index in [9.17, 15) is 13.5 Å². The number of aliphatic hydroxyl groups excluding tert-OH is 1. The second-order valence-corrected chi connectivity index (χ2v) is 6.94. The molecule has 0 radical (unpaired) electrons. The highest BCUT2D eigenvalue weighted by Gasteiger charge is 2.18. The van der Waals surface area contributed by atoms with Crippen molar-refractivity contribution in [3.05, 3.63) is 65.2 Å². The Bertz CT molecular complexity index is 811. The third kappa shape index (κ3) is 4.39. The molecule has 0 fully saturated rings. The fraction of sp³-hybridized carbons (Fsp3) is 0.235. The van der Waals surface area contributed by atoms with E-state index in [1.165, 1.54) is 6.07 Å². The molecule has 5 nitrogen and oxygen atoms in total. The largest absolute Gasteiger partial charge is 0.388 e. The summed E-state index contributed by atoms with van der Waals surface area (Å²) in [4.78, 5) is 0.0887. The smallest absolute Gasteiger partial charge is 0.240 e. The molecule has 0 aliphatic heterocycles. The predicted octanol–water partition coefficient (Wildman–Crippen LogP) is 2.27. The molecule has 0 aromatic heterocycles. The maximum Gasteiger partial charge on any atom is 0.240 e. The van der Waals surface area contributed by atoms with Gasteiger partial charge in [-0.25, -0.2) is 13.1 Å². The Labute approximate surface area is 136 Å². The summed E-state index contributed by atoms with van der Waals surface area (Å²) in [6.07, 6.45) is -0.467. The number of hydrogen-bond acceptors (Lipinski definition) is 4. The maximum atomic E-state index is 12.3. The molecule has 0 aliphatic rings. The maximum absolute atomic E-state index is 12.3. The molecule has 2 rings (SSSR count). The Morgan fingerprint density at radius 1 is 1.22 bits per heavy atom. The highest BCUT2D eigenvalue weighted by molar-refractivity contribution is 7.89. The molecular formula is C17H18N2O3S. The van der Waals surface area contributed by atoms with Crippen LogP contribution in [0.15, 0.2) is 53.4 Å². The van der Waals surface area contributed by atoms with E-state index in [0.717, 1.165) is 5.56 Å². The first kappa shape index (κ1) is 17.2. The zero-order valence-corrected chi connectivity index (χ0v) is 13.5. The van der Waals surface area contributed by atoms with Crippen LogP contribution in [-0.2, 0) is 10.0 Å². The van der Waals surface area contributed by atoms with E-state index in [1.54, 1.807) is 31.2 Å². The summed E-state index contributed by atoms with van der Waals surface area (Å²) >= 11 is 0.